The molecule has 0 saturated heterocycles. The van der Waals surface area contributed by atoms with E-state index in [2.05, 4.69) is 15.3 Å². The second-order valence-corrected chi connectivity index (χ2v) is 4.11. The van der Waals surface area contributed by atoms with Gasteiger partial charge in [-0.15, -0.1) is 0 Å². The maximum absolute atomic E-state index is 10.7. The number of nitrogens with zero attached hydrogens (tertiary/aromatic N) is 3. The second-order valence-electron chi connectivity index (χ2n) is 4.11. The molecule has 1 N–H and O–H groups in total. The first-order valence-electron chi connectivity index (χ1n) is 5.91. The average Bonchev–Trinajstić information content (AvgIpc) is 2.39. The third-order valence-electron chi connectivity index (χ3n) is 2.69. The van der Waals surface area contributed by atoms with E-state index in [1.807, 2.05) is 18.2 Å². The van der Waals surface area contributed by atoms with E-state index in [0.717, 1.165) is 12.1 Å². The van der Waals surface area contributed by atoms with Crippen LogP contribution < -0.4 is 5.32 Å². The Kier molecular flexibility index (Phi) is 4.02. The van der Waals surface area contributed by atoms with Crippen molar-refractivity contribution < 1.29 is 4.92 Å². The third kappa shape index (κ3) is 3.48. The number of hydrogen-bond donors (Lipinski definition) is 1. The average molecular weight is 258 g/mol. The molecule has 19 heavy (non-hydrogen) atoms. The summed E-state index contributed by atoms with van der Waals surface area (Å²) in [6.07, 6.45) is 3.81. The van der Waals surface area contributed by atoms with E-state index in [1.54, 1.807) is 19.2 Å². The van der Waals surface area contributed by atoms with E-state index in [0.29, 0.717) is 17.9 Å². The molecule has 0 aliphatic rings. The number of anilines is 1. The van der Waals surface area contributed by atoms with E-state index in [4.69, 9.17) is 0 Å². The summed E-state index contributed by atoms with van der Waals surface area (Å²) < 4.78 is 0. The zero-order valence-corrected chi connectivity index (χ0v) is 10.5. The van der Waals surface area contributed by atoms with Gasteiger partial charge in [-0.1, -0.05) is 6.07 Å². The van der Waals surface area contributed by atoms with Gasteiger partial charge in [-0.2, -0.15) is 0 Å². The lowest BCUT2D eigenvalue weighted by Crippen LogP contribution is -2.07. The van der Waals surface area contributed by atoms with Crippen LogP contribution in [0, 0.1) is 17.0 Å². The van der Waals surface area contributed by atoms with E-state index in [1.165, 1.54) is 6.20 Å². The molecule has 2 aromatic rings. The van der Waals surface area contributed by atoms with Gasteiger partial charge in [0.2, 0.25) is 0 Å². The third-order valence-corrected chi connectivity index (χ3v) is 2.69. The molecule has 6 heteroatoms. The quantitative estimate of drug-likeness (QED) is 0.657. The lowest BCUT2D eigenvalue weighted by atomic mass is 10.2. The van der Waals surface area contributed by atoms with Crippen molar-refractivity contribution >= 4 is 11.5 Å². The highest BCUT2D eigenvalue weighted by Crippen LogP contribution is 2.18. The lowest BCUT2D eigenvalue weighted by Gasteiger charge is -2.06. The van der Waals surface area contributed by atoms with E-state index >= 15 is 0 Å². The SMILES string of the molecule is Cc1cc(NCCc2ccccn2)ncc1[N+](=O)[O-]. The van der Waals surface area contributed by atoms with Crippen LogP contribution in [0.2, 0.25) is 0 Å². The maximum Gasteiger partial charge on any atom is 0.290 e. The molecule has 0 unspecified atom stereocenters. The second kappa shape index (κ2) is 5.90. The number of aromatic nitrogens is 2. The number of aryl methyl sites for hydroxylation is 1. The highest BCUT2D eigenvalue weighted by Gasteiger charge is 2.10. The van der Waals surface area contributed by atoms with E-state index in [9.17, 15) is 10.1 Å². The minimum Gasteiger partial charge on any atom is -0.370 e. The van der Waals surface area contributed by atoms with Crippen LogP contribution in [-0.2, 0) is 6.42 Å². The summed E-state index contributed by atoms with van der Waals surface area (Å²) >= 11 is 0. The van der Waals surface area contributed by atoms with Crippen LogP contribution in [0.5, 0.6) is 0 Å². The zero-order chi connectivity index (χ0) is 13.7. The van der Waals surface area contributed by atoms with Crippen molar-refractivity contribution in [1.82, 2.24) is 9.97 Å². The van der Waals surface area contributed by atoms with Gasteiger partial charge < -0.3 is 5.32 Å². The minimum absolute atomic E-state index is 0.0373. The smallest absolute Gasteiger partial charge is 0.290 e. The van der Waals surface area contributed by atoms with Crippen molar-refractivity contribution in [2.45, 2.75) is 13.3 Å². The fourth-order valence-electron chi connectivity index (χ4n) is 1.70. The fourth-order valence-corrected chi connectivity index (χ4v) is 1.70. The summed E-state index contributed by atoms with van der Waals surface area (Å²) in [5, 5.41) is 13.8. The van der Waals surface area contributed by atoms with Crippen LogP contribution >= 0.6 is 0 Å². The molecule has 98 valence electrons. The van der Waals surface area contributed by atoms with Crippen molar-refractivity contribution in [3.05, 3.63) is 58.0 Å². The molecule has 0 aromatic carbocycles. The van der Waals surface area contributed by atoms with Crippen molar-refractivity contribution in [2.24, 2.45) is 0 Å². The first-order valence-corrected chi connectivity index (χ1v) is 5.91. The van der Waals surface area contributed by atoms with Gasteiger partial charge in [0.15, 0.2) is 0 Å². The molecule has 2 heterocycles. The molecule has 0 atom stereocenters. The monoisotopic (exact) mass is 258 g/mol. The molecular formula is C13H14N4O2. The van der Waals surface area contributed by atoms with Crippen LogP contribution in [0.3, 0.4) is 0 Å². The summed E-state index contributed by atoms with van der Waals surface area (Å²) in [5.74, 6) is 0.638. The Labute approximate surface area is 110 Å². The Balaban J connectivity index is 1.93. The minimum atomic E-state index is -0.431. The molecule has 0 radical (unpaired) electrons. The van der Waals surface area contributed by atoms with Crippen LogP contribution in [0.15, 0.2) is 36.7 Å². The predicted molar refractivity (Wildman–Crippen MR) is 72.1 cm³/mol. The van der Waals surface area contributed by atoms with Gasteiger partial charge in [0.25, 0.3) is 5.69 Å². The van der Waals surface area contributed by atoms with Gasteiger partial charge >= 0.3 is 0 Å². The van der Waals surface area contributed by atoms with Gasteiger partial charge in [-0.25, -0.2) is 4.98 Å². The molecule has 0 bridgehead atoms. The van der Waals surface area contributed by atoms with Gasteiger partial charge in [0.1, 0.15) is 12.0 Å². The van der Waals surface area contributed by atoms with Crippen molar-refractivity contribution in [1.29, 1.82) is 0 Å². The molecular weight excluding hydrogens is 244 g/mol. The Morgan fingerprint density at radius 3 is 2.84 bits per heavy atom. The van der Waals surface area contributed by atoms with Gasteiger partial charge in [-0.3, -0.25) is 15.1 Å². The first-order chi connectivity index (χ1) is 9.16. The highest BCUT2D eigenvalue weighted by molar-refractivity contribution is 5.46. The Hall–Kier alpha value is -2.50. The molecule has 2 aromatic heterocycles. The Bertz CT molecular complexity index is 572. The van der Waals surface area contributed by atoms with Gasteiger partial charge in [0.05, 0.1) is 4.92 Å². The van der Waals surface area contributed by atoms with Crippen LogP contribution in [0.4, 0.5) is 11.5 Å². The van der Waals surface area contributed by atoms with Crippen molar-refractivity contribution in [2.75, 3.05) is 11.9 Å². The Morgan fingerprint density at radius 1 is 1.37 bits per heavy atom. The van der Waals surface area contributed by atoms with E-state index < -0.39 is 4.92 Å². The summed E-state index contributed by atoms with van der Waals surface area (Å²) in [5.41, 5.74) is 1.63. The molecule has 0 fully saturated rings. The summed E-state index contributed by atoms with van der Waals surface area (Å²) in [6, 6.07) is 7.45. The van der Waals surface area contributed by atoms with Crippen LogP contribution in [0.1, 0.15) is 11.3 Å². The van der Waals surface area contributed by atoms with E-state index in [-0.39, 0.29) is 5.69 Å². The lowest BCUT2D eigenvalue weighted by molar-refractivity contribution is -0.385. The van der Waals surface area contributed by atoms with Gasteiger partial charge in [-0.05, 0) is 25.1 Å². The molecule has 0 saturated carbocycles. The molecule has 0 spiro atoms. The maximum atomic E-state index is 10.7. The topological polar surface area (TPSA) is 81.0 Å². The van der Waals surface area contributed by atoms with Crippen LogP contribution in [-0.4, -0.2) is 21.4 Å². The predicted octanol–water partition coefficient (Wildman–Crippen LogP) is 2.35. The summed E-state index contributed by atoms with van der Waals surface area (Å²) in [4.78, 5) is 18.5. The molecule has 2 rings (SSSR count). The van der Waals surface area contributed by atoms with Gasteiger partial charge in [0, 0.05) is 30.4 Å². The normalized spacial score (nSPS) is 10.2. The summed E-state index contributed by atoms with van der Waals surface area (Å²) in [7, 11) is 0. The number of nitro groups is 1. The molecule has 0 amide bonds. The standard InChI is InChI=1S/C13H14N4O2/c1-10-8-13(16-9-12(10)17(18)19)15-7-5-11-4-2-3-6-14-11/h2-4,6,8-9H,5,7H2,1H3,(H,15,16). The zero-order valence-electron chi connectivity index (χ0n) is 10.5. The summed E-state index contributed by atoms with van der Waals surface area (Å²) in [6.45, 7) is 2.38. The first kappa shape index (κ1) is 12.9. The van der Waals surface area contributed by atoms with Crippen molar-refractivity contribution in [3.8, 4) is 0 Å². The van der Waals surface area contributed by atoms with Crippen molar-refractivity contribution in [3.63, 3.8) is 0 Å². The number of hydrogen-bond acceptors (Lipinski definition) is 5. The highest BCUT2D eigenvalue weighted by atomic mass is 16.6. The Morgan fingerprint density at radius 2 is 2.21 bits per heavy atom. The fraction of sp³-hybridized carbons (Fsp3) is 0.231. The number of nitrogens with one attached hydrogen (secondary N) is 1. The largest absolute Gasteiger partial charge is 0.370 e. The van der Waals surface area contributed by atoms with Crippen LogP contribution in [0.25, 0.3) is 0 Å². The number of pyridine rings is 2. The molecule has 0 aliphatic carbocycles. The molecule has 6 nitrogen and oxygen atoms in total. The number of rotatable bonds is 5. The molecule has 0 aliphatic heterocycles.